The fourth-order valence-corrected chi connectivity index (χ4v) is 2.64. The maximum Gasteiger partial charge on any atom is 1.00 e. The van der Waals surface area contributed by atoms with E-state index in [1.54, 1.807) is 19.2 Å². The summed E-state index contributed by atoms with van der Waals surface area (Å²) in [5.41, 5.74) is 2.15. The summed E-state index contributed by atoms with van der Waals surface area (Å²) in [6, 6.07) is 15.6. The summed E-state index contributed by atoms with van der Waals surface area (Å²) in [6.07, 6.45) is 0. The molecule has 1 aromatic heterocycles. The number of hydrogen-bond donors (Lipinski definition) is 0. The van der Waals surface area contributed by atoms with Crippen molar-refractivity contribution in [2.45, 2.75) is 4.90 Å². The molecular formula is C16H12NNaO4S. The van der Waals surface area contributed by atoms with Crippen molar-refractivity contribution in [3.8, 4) is 22.6 Å². The molecule has 1 heterocycles. The van der Waals surface area contributed by atoms with Crippen LogP contribution in [0.1, 0.15) is 0 Å². The Hall–Kier alpha value is -1.44. The van der Waals surface area contributed by atoms with Crippen LogP contribution in [0.3, 0.4) is 0 Å². The second-order valence-electron chi connectivity index (χ2n) is 4.73. The molecule has 1 unspecified atom stereocenters. The third kappa shape index (κ3) is 3.57. The molecule has 2 aromatic carbocycles. The van der Waals surface area contributed by atoms with Crippen LogP contribution < -0.4 is 35.3 Å². The first-order chi connectivity index (χ1) is 10.6. The minimum atomic E-state index is -2.28. The van der Waals surface area contributed by atoms with Gasteiger partial charge >= 0.3 is 35.3 Å². The van der Waals surface area contributed by atoms with E-state index in [-0.39, 0.29) is 34.5 Å². The van der Waals surface area contributed by atoms with Crippen molar-refractivity contribution in [3.05, 3.63) is 65.1 Å². The summed E-state index contributed by atoms with van der Waals surface area (Å²) in [7, 11) is 1.64. The van der Waals surface area contributed by atoms with Crippen molar-refractivity contribution in [2.75, 3.05) is 0 Å². The summed E-state index contributed by atoms with van der Waals surface area (Å²) >= 11 is -2.28. The monoisotopic (exact) mass is 337 g/mol. The summed E-state index contributed by atoms with van der Waals surface area (Å²) in [5, 5.41) is 0. The summed E-state index contributed by atoms with van der Waals surface area (Å²) in [4.78, 5) is 12.1. The summed E-state index contributed by atoms with van der Waals surface area (Å²) in [6.45, 7) is 0. The Kier molecular flexibility index (Phi) is 5.78. The van der Waals surface area contributed by atoms with Gasteiger partial charge in [0.25, 0.3) is 0 Å². The molecule has 0 N–H and O–H groups in total. The van der Waals surface area contributed by atoms with Crippen LogP contribution in [0.15, 0.2) is 68.7 Å². The van der Waals surface area contributed by atoms with E-state index in [2.05, 4.69) is 0 Å². The fourth-order valence-electron chi connectivity index (χ4n) is 2.28. The van der Waals surface area contributed by atoms with Gasteiger partial charge in [0.15, 0.2) is 5.76 Å². The Morgan fingerprint density at radius 3 is 2.17 bits per heavy atom. The Morgan fingerprint density at radius 1 is 1.00 bits per heavy atom. The molecule has 3 aromatic rings. The second-order valence-corrected chi connectivity index (χ2v) is 5.67. The number of hydrogen-bond acceptors (Lipinski definition) is 4. The van der Waals surface area contributed by atoms with Crippen LogP contribution >= 0.6 is 0 Å². The van der Waals surface area contributed by atoms with Crippen LogP contribution in [0, 0.1) is 0 Å². The van der Waals surface area contributed by atoms with Crippen molar-refractivity contribution in [3.63, 3.8) is 0 Å². The number of aromatic nitrogens is 1. The van der Waals surface area contributed by atoms with Crippen molar-refractivity contribution in [2.24, 2.45) is 7.05 Å². The van der Waals surface area contributed by atoms with Gasteiger partial charge in [-0.3, -0.25) is 8.78 Å². The van der Waals surface area contributed by atoms with Gasteiger partial charge in [-0.25, -0.2) is 4.79 Å². The molecule has 0 aliphatic rings. The van der Waals surface area contributed by atoms with Gasteiger partial charge < -0.3 is 8.97 Å². The quantitative estimate of drug-likeness (QED) is 0.479. The van der Waals surface area contributed by atoms with E-state index >= 15 is 0 Å². The molecule has 0 fully saturated rings. The third-order valence-corrected chi connectivity index (χ3v) is 4.03. The predicted octanol–water partition coefficient (Wildman–Crippen LogP) is -0.446. The normalized spacial score (nSPS) is 11.7. The molecular weight excluding hydrogens is 325 g/mol. The van der Waals surface area contributed by atoms with E-state index < -0.39 is 16.8 Å². The fraction of sp³-hybridized carbons (Fsp3) is 0.0625. The maximum absolute atomic E-state index is 11.9. The van der Waals surface area contributed by atoms with E-state index in [1.807, 2.05) is 30.3 Å². The molecule has 0 spiro atoms. The van der Waals surface area contributed by atoms with Gasteiger partial charge in [-0.1, -0.05) is 30.3 Å². The Balaban J connectivity index is 0.00000192. The minimum absolute atomic E-state index is 0. The Morgan fingerprint density at radius 2 is 1.61 bits per heavy atom. The van der Waals surface area contributed by atoms with Crippen molar-refractivity contribution in [1.29, 1.82) is 0 Å². The second kappa shape index (κ2) is 7.42. The Labute approximate surface area is 157 Å². The smallest absolute Gasteiger partial charge is 0.768 e. The number of oxazole rings is 1. The zero-order valence-electron chi connectivity index (χ0n) is 12.7. The van der Waals surface area contributed by atoms with Gasteiger partial charge in [0.2, 0.25) is 0 Å². The molecule has 0 aliphatic carbocycles. The largest absolute Gasteiger partial charge is 1.00 e. The van der Waals surface area contributed by atoms with Crippen LogP contribution in [-0.4, -0.2) is 13.3 Å². The van der Waals surface area contributed by atoms with Crippen molar-refractivity contribution >= 4 is 11.1 Å². The maximum atomic E-state index is 11.9. The van der Waals surface area contributed by atoms with Crippen molar-refractivity contribution in [1.82, 2.24) is 4.57 Å². The minimum Gasteiger partial charge on any atom is -0.768 e. The summed E-state index contributed by atoms with van der Waals surface area (Å²) in [5.74, 6) is -0.0488. The molecule has 0 amide bonds. The zero-order valence-corrected chi connectivity index (χ0v) is 15.5. The van der Waals surface area contributed by atoms with Gasteiger partial charge in [-0.05, 0) is 35.3 Å². The molecule has 3 rings (SSSR count). The first kappa shape index (κ1) is 17.9. The average Bonchev–Trinajstić information content (AvgIpc) is 2.84. The topological polar surface area (TPSA) is 75.3 Å². The van der Waals surface area contributed by atoms with Crippen LogP contribution in [0.5, 0.6) is 0 Å². The first-order valence-corrected chi connectivity index (χ1v) is 7.60. The van der Waals surface area contributed by atoms with Gasteiger partial charge in [-0.15, -0.1) is 0 Å². The zero-order chi connectivity index (χ0) is 15.7. The Bertz CT molecular complexity index is 885. The van der Waals surface area contributed by atoms with E-state index in [4.69, 9.17) is 4.42 Å². The van der Waals surface area contributed by atoms with Gasteiger partial charge in [0, 0.05) is 23.1 Å². The average molecular weight is 337 g/mol. The molecule has 112 valence electrons. The number of nitrogens with zero attached hydrogens (tertiary/aromatic N) is 1. The SMILES string of the molecule is Cn1c(-c2ccccc2)c(-c2ccc(S(=O)[O-])cc2)oc1=O.[Na+]. The van der Waals surface area contributed by atoms with Gasteiger partial charge in [0.1, 0.15) is 0 Å². The first-order valence-electron chi connectivity index (χ1n) is 6.53. The molecule has 5 nitrogen and oxygen atoms in total. The number of rotatable bonds is 3. The van der Waals surface area contributed by atoms with E-state index in [0.717, 1.165) is 5.56 Å². The predicted molar refractivity (Wildman–Crippen MR) is 82.0 cm³/mol. The van der Waals surface area contributed by atoms with Crippen molar-refractivity contribution < 1.29 is 42.7 Å². The number of benzene rings is 2. The molecule has 0 saturated carbocycles. The molecule has 0 saturated heterocycles. The standard InChI is InChI=1S/C16H13NO4S.Na/c1-17-14(11-5-3-2-4-6-11)15(21-16(17)18)12-7-9-13(10-8-12)22(19)20;/h2-10H,1H3,(H,19,20);/q;+1/p-1. The summed E-state index contributed by atoms with van der Waals surface area (Å²) < 4.78 is 28.6. The molecule has 1 atom stereocenters. The van der Waals surface area contributed by atoms with Crippen LogP contribution in [0.25, 0.3) is 22.6 Å². The van der Waals surface area contributed by atoms with Crippen LogP contribution in [0.2, 0.25) is 0 Å². The molecule has 23 heavy (non-hydrogen) atoms. The van der Waals surface area contributed by atoms with E-state index in [1.165, 1.54) is 16.7 Å². The molecule has 0 aliphatic heterocycles. The molecule has 0 bridgehead atoms. The van der Waals surface area contributed by atoms with Crippen LogP contribution in [-0.2, 0) is 18.1 Å². The molecule has 7 heteroatoms. The molecule has 0 radical (unpaired) electrons. The van der Waals surface area contributed by atoms with Crippen LogP contribution in [0.4, 0.5) is 0 Å². The van der Waals surface area contributed by atoms with Gasteiger partial charge in [-0.2, -0.15) is 0 Å². The van der Waals surface area contributed by atoms with E-state index in [0.29, 0.717) is 17.0 Å². The van der Waals surface area contributed by atoms with E-state index in [9.17, 15) is 13.6 Å². The van der Waals surface area contributed by atoms with Gasteiger partial charge in [0.05, 0.1) is 5.69 Å². The third-order valence-electron chi connectivity index (χ3n) is 3.37.